The van der Waals surface area contributed by atoms with Crippen LogP contribution in [0.5, 0.6) is 0 Å². The Balaban J connectivity index is 1.57. The normalized spacial score (nSPS) is 18.9. The predicted octanol–water partition coefficient (Wildman–Crippen LogP) is 3.65. The lowest BCUT2D eigenvalue weighted by Gasteiger charge is -2.39. The summed E-state index contributed by atoms with van der Waals surface area (Å²) in [4.78, 5) is 39.9. The number of likely N-dealkylation sites (tertiary alicyclic amines) is 1. The number of nitrogens with one attached hydrogen (secondary N) is 2. The van der Waals surface area contributed by atoms with Gasteiger partial charge in [0.1, 0.15) is 6.04 Å². The molecule has 0 spiro atoms. The van der Waals surface area contributed by atoms with Crippen molar-refractivity contribution in [2.75, 3.05) is 19.6 Å². The standard InChI is InChI=1S/C29H46N4O4/c1-21-9-11-23(12-10-21)18-30-25-13-15-32(16-14-25)28(36)26(29(2,3)4)31-27(35)24(19-33(37)20-34)17-22-7-5-6-8-22/h9-12,20,22,24-26,30,37H,5-8,13-19H2,1-4H3,(H,31,35)/t24?,26-/m1/s1. The highest BCUT2D eigenvalue weighted by Crippen LogP contribution is 2.31. The van der Waals surface area contributed by atoms with E-state index in [0.717, 1.165) is 45.1 Å². The average Bonchev–Trinajstić information content (AvgIpc) is 3.38. The zero-order valence-electron chi connectivity index (χ0n) is 23.0. The molecule has 1 saturated heterocycles. The molecule has 2 fully saturated rings. The van der Waals surface area contributed by atoms with Crippen molar-refractivity contribution in [1.82, 2.24) is 20.6 Å². The Bertz CT molecular complexity index is 884. The molecule has 1 unspecified atom stereocenters. The zero-order chi connectivity index (χ0) is 27.0. The highest BCUT2D eigenvalue weighted by Gasteiger charge is 2.38. The Hall–Kier alpha value is -2.45. The summed E-state index contributed by atoms with van der Waals surface area (Å²) in [6, 6.07) is 8.20. The van der Waals surface area contributed by atoms with Crippen LogP contribution in [0.3, 0.4) is 0 Å². The highest BCUT2D eigenvalue weighted by molar-refractivity contribution is 5.89. The summed E-state index contributed by atoms with van der Waals surface area (Å²) in [7, 11) is 0. The van der Waals surface area contributed by atoms with E-state index < -0.39 is 17.4 Å². The molecule has 0 aromatic heterocycles. The molecule has 1 aromatic carbocycles. The number of nitrogens with zero attached hydrogens (tertiary/aromatic N) is 2. The van der Waals surface area contributed by atoms with Crippen molar-refractivity contribution < 1.29 is 19.6 Å². The van der Waals surface area contributed by atoms with Crippen LogP contribution in [-0.2, 0) is 20.9 Å². The van der Waals surface area contributed by atoms with Crippen molar-refractivity contribution in [3.05, 3.63) is 35.4 Å². The topological polar surface area (TPSA) is 102 Å². The maximum atomic E-state index is 13.6. The van der Waals surface area contributed by atoms with E-state index in [-0.39, 0.29) is 18.4 Å². The minimum absolute atomic E-state index is 0.0606. The van der Waals surface area contributed by atoms with Gasteiger partial charge in [-0.3, -0.25) is 19.6 Å². The van der Waals surface area contributed by atoms with E-state index in [1.54, 1.807) is 0 Å². The first-order chi connectivity index (χ1) is 17.6. The summed E-state index contributed by atoms with van der Waals surface area (Å²) < 4.78 is 0. The Morgan fingerprint density at radius 2 is 1.73 bits per heavy atom. The minimum Gasteiger partial charge on any atom is -0.344 e. The summed E-state index contributed by atoms with van der Waals surface area (Å²) in [5, 5.41) is 17.0. The van der Waals surface area contributed by atoms with Crippen molar-refractivity contribution in [1.29, 1.82) is 0 Å². The molecule has 3 amide bonds. The second-order valence-corrected chi connectivity index (χ2v) is 12.1. The third-order valence-corrected chi connectivity index (χ3v) is 7.91. The van der Waals surface area contributed by atoms with Gasteiger partial charge >= 0.3 is 0 Å². The van der Waals surface area contributed by atoms with Gasteiger partial charge in [0.15, 0.2) is 0 Å². The van der Waals surface area contributed by atoms with Gasteiger partial charge in [-0.2, -0.15) is 0 Å². The number of benzene rings is 1. The second kappa shape index (κ2) is 13.4. The van der Waals surface area contributed by atoms with E-state index in [9.17, 15) is 19.6 Å². The number of hydrogen-bond acceptors (Lipinski definition) is 5. The molecule has 0 radical (unpaired) electrons. The first-order valence-electron chi connectivity index (χ1n) is 13.9. The number of aryl methyl sites for hydroxylation is 1. The quantitative estimate of drug-likeness (QED) is 0.238. The van der Waals surface area contributed by atoms with Gasteiger partial charge in [0.05, 0.1) is 12.5 Å². The van der Waals surface area contributed by atoms with Gasteiger partial charge in [0, 0.05) is 25.7 Å². The lowest BCUT2D eigenvalue weighted by molar-refractivity contribution is -0.156. The molecule has 1 saturated carbocycles. The van der Waals surface area contributed by atoms with E-state index in [4.69, 9.17) is 0 Å². The Kier molecular flexibility index (Phi) is 10.5. The van der Waals surface area contributed by atoms with Gasteiger partial charge in [-0.15, -0.1) is 0 Å². The van der Waals surface area contributed by atoms with Crippen LogP contribution in [-0.4, -0.2) is 65.1 Å². The molecule has 1 aromatic rings. The SMILES string of the molecule is Cc1ccc(CNC2CCN(C(=O)[C@@H](NC(=O)C(CC3CCCC3)CN(O)C=O)C(C)(C)C)CC2)cc1. The van der Waals surface area contributed by atoms with Crippen molar-refractivity contribution >= 4 is 18.2 Å². The Morgan fingerprint density at radius 1 is 1.11 bits per heavy atom. The van der Waals surface area contributed by atoms with Crippen molar-refractivity contribution in [3.8, 4) is 0 Å². The fraction of sp³-hybridized carbons (Fsp3) is 0.690. The maximum absolute atomic E-state index is 13.6. The summed E-state index contributed by atoms with van der Waals surface area (Å²) in [6.45, 7) is 10.0. The van der Waals surface area contributed by atoms with Crippen LogP contribution in [0.2, 0.25) is 0 Å². The van der Waals surface area contributed by atoms with Crippen molar-refractivity contribution in [3.63, 3.8) is 0 Å². The van der Waals surface area contributed by atoms with Crippen LogP contribution in [0.25, 0.3) is 0 Å². The molecular formula is C29H46N4O4. The van der Waals surface area contributed by atoms with Crippen LogP contribution < -0.4 is 10.6 Å². The van der Waals surface area contributed by atoms with Crippen molar-refractivity contribution in [2.45, 2.75) is 91.3 Å². The van der Waals surface area contributed by atoms with E-state index in [1.807, 2.05) is 25.7 Å². The molecule has 8 nitrogen and oxygen atoms in total. The minimum atomic E-state index is -0.675. The molecule has 0 bridgehead atoms. The molecule has 3 N–H and O–H groups in total. The lowest BCUT2D eigenvalue weighted by Crippen LogP contribution is -2.58. The number of rotatable bonds is 11. The molecule has 37 heavy (non-hydrogen) atoms. The third kappa shape index (κ3) is 8.82. The molecular weight excluding hydrogens is 468 g/mol. The predicted molar refractivity (Wildman–Crippen MR) is 144 cm³/mol. The van der Waals surface area contributed by atoms with Gasteiger partial charge in [-0.25, -0.2) is 5.06 Å². The number of carbonyl (C=O) groups excluding carboxylic acids is 3. The van der Waals surface area contributed by atoms with E-state index in [2.05, 4.69) is 41.8 Å². The molecule has 1 heterocycles. The van der Waals surface area contributed by atoms with E-state index in [1.165, 1.54) is 11.1 Å². The van der Waals surface area contributed by atoms with Gasteiger partial charge in [0.25, 0.3) is 0 Å². The molecule has 1 aliphatic heterocycles. The average molecular weight is 515 g/mol. The molecule has 2 atom stereocenters. The Morgan fingerprint density at radius 3 is 2.30 bits per heavy atom. The zero-order valence-corrected chi connectivity index (χ0v) is 23.0. The Labute approximate surface area is 222 Å². The number of amides is 3. The smallest absolute Gasteiger partial charge is 0.245 e. The fourth-order valence-electron chi connectivity index (χ4n) is 5.55. The monoisotopic (exact) mass is 514 g/mol. The molecule has 8 heteroatoms. The number of piperidine rings is 1. The van der Waals surface area contributed by atoms with Crippen LogP contribution >= 0.6 is 0 Å². The van der Waals surface area contributed by atoms with Gasteiger partial charge in [0.2, 0.25) is 18.2 Å². The number of hydroxylamine groups is 2. The molecule has 2 aliphatic rings. The van der Waals surface area contributed by atoms with Crippen LogP contribution in [0.4, 0.5) is 0 Å². The van der Waals surface area contributed by atoms with E-state index in [0.29, 0.717) is 42.9 Å². The van der Waals surface area contributed by atoms with Crippen LogP contribution in [0, 0.1) is 24.2 Å². The summed E-state index contributed by atoms with van der Waals surface area (Å²) in [6.07, 6.45) is 7.09. The summed E-state index contributed by atoms with van der Waals surface area (Å²) >= 11 is 0. The first kappa shape index (κ1) is 29.1. The second-order valence-electron chi connectivity index (χ2n) is 12.1. The lowest BCUT2D eigenvalue weighted by atomic mass is 9.84. The number of hydrogen-bond donors (Lipinski definition) is 3. The van der Waals surface area contributed by atoms with Crippen LogP contribution in [0.1, 0.15) is 76.8 Å². The fourth-order valence-corrected chi connectivity index (χ4v) is 5.55. The van der Waals surface area contributed by atoms with Crippen molar-refractivity contribution in [2.24, 2.45) is 17.3 Å². The molecule has 206 valence electrons. The highest BCUT2D eigenvalue weighted by atomic mass is 16.5. The van der Waals surface area contributed by atoms with Gasteiger partial charge < -0.3 is 15.5 Å². The summed E-state index contributed by atoms with van der Waals surface area (Å²) in [5.41, 5.74) is 2.02. The van der Waals surface area contributed by atoms with Gasteiger partial charge in [-0.05, 0) is 43.1 Å². The third-order valence-electron chi connectivity index (χ3n) is 7.91. The molecule has 1 aliphatic carbocycles. The first-order valence-corrected chi connectivity index (χ1v) is 13.9. The summed E-state index contributed by atoms with van der Waals surface area (Å²) in [5.74, 6) is -0.469. The van der Waals surface area contributed by atoms with Gasteiger partial charge in [-0.1, -0.05) is 76.3 Å². The maximum Gasteiger partial charge on any atom is 0.245 e. The largest absolute Gasteiger partial charge is 0.344 e. The van der Waals surface area contributed by atoms with Crippen LogP contribution in [0.15, 0.2) is 24.3 Å². The van der Waals surface area contributed by atoms with E-state index >= 15 is 0 Å². The molecule has 3 rings (SSSR count). The number of carbonyl (C=O) groups is 3.